The third-order valence-corrected chi connectivity index (χ3v) is 4.58. The minimum atomic E-state index is -0.258. The number of carbonyl (C=O) groups excluding carboxylic acids is 2. The number of fused-ring (bicyclic) bond motifs is 1. The highest BCUT2D eigenvalue weighted by Gasteiger charge is 2.48. The molecule has 0 bridgehead atoms. The summed E-state index contributed by atoms with van der Waals surface area (Å²) < 4.78 is 0. The van der Waals surface area contributed by atoms with Crippen LogP contribution >= 0.6 is 0 Å². The summed E-state index contributed by atoms with van der Waals surface area (Å²) in [4.78, 5) is 31.2. The summed E-state index contributed by atoms with van der Waals surface area (Å²) in [6.07, 6.45) is 3.82. The van der Waals surface area contributed by atoms with Crippen LogP contribution < -0.4 is 0 Å². The Morgan fingerprint density at radius 1 is 1.19 bits per heavy atom. The maximum absolute atomic E-state index is 12.7. The molecule has 2 amide bonds. The highest BCUT2D eigenvalue weighted by atomic mass is 16.2. The van der Waals surface area contributed by atoms with Crippen LogP contribution in [0, 0.1) is 5.92 Å². The Bertz CT molecular complexity index is 395. The van der Waals surface area contributed by atoms with Crippen LogP contribution in [-0.4, -0.2) is 72.3 Å². The van der Waals surface area contributed by atoms with E-state index in [1.165, 1.54) is 0 Å². The Balaban J connectivity index is 2.04. The molecule has 0 spiro atoms. The van der Waals surface area contributed by atoms with Crippen LogP contribution in [0.3, 0.4) is 0 Å². The molecule has 2 unspecified atom stereocenters. The molecular weight excluding hydrogens is 266 g/mol. The van der Waals surface area contributed by atoms with Crippen molar-refractivity contribution in [3.05, 3.63) is 0 Å². The maximum atomic E-state index is 12.7. The second-order valence-electron chi connectivity index (χ2n) is 6.92. The molecule has 0 aromatic rings. The third-order valence-electron chi connectivity index (χ3n) is 4.58. The van der Waals surface area contributed by atoms with Gasteiger partial charge in [0.1, 0.15) is 12.1 Å². The molecule has 5 heteroatoms. The number of hydrogen-bond acceptors (Lipinski definition) is 3. The van der Waals surface area contributed by atoms with Crippen molar-refractivity contribution in [3.63, 3.8) is 0 Å². The SMILES string of the molecule is CC(C)C1C(=O)N2CCCC2C(=O)N1CCCCN(C)C. The van der Waals surface area contributed by atoms with Gasteiger partial charge in [0, 0.05) is 13.1 Å². The van der Waals surface area contributed by atoms with Gasteiger partial charge in [0.2, 0.25) is 11.8 Å². The zero-order valence-electron chi connectivity index (χ0n) is 13.8. The van der Waals surface area contributed by atoms with Crippen molar-refractivity contribution in [2.75, 3.05) is 33.7 Å². The van der Waals surface area contributed by atoms with Gasteiger partial charge in [-0.05, 0) is 52.2 Å². The lowest BCUT2D eigenvalue weighted by Crippen LogP contribution is -2.64. The van der Waals surface area contributed by atoms with E-state index < -0.39 is 0 Å². The summed E-state index contributed by atoms with van der Waals surface area (Å²) in [6.45, 7) is 6.58. The average Bonchev–Trinajstić information content (AvgIpc) is 2.89. The summed E-state index contributed by atoms with van der Waals surface area (Å²) in [5.74, 6) is 0.521. The zero-order valence-corrected chi connectivity index (χ0v) is 13.8. The van der Waals surface area contributed by atoms with E-state index in [4.69, 9.17) is 0 Å². The van der Waals surface area contributed by atoms with E-state index in [0.717, 1.165) is 38.8 Å². The molecule has 2 heterocycles. The Morgan fingerprint density at radius 2 is 1.90 bits per heavy atom. The highest BCUT2D eigenvalue weighted by molar-refractivity contribution is 5.97. The lowest BCUT2D eigenvalue weighted by molar-refractivity contribution is -0.161. The third kappa shape index (κ3) is 3.39. The van der Waals surface area contributed by atoms with E-state index in [2.05, 4.69) is 19.0 Å². The fourth-order valence-corrected chi connectivity index (χ4v) is 3.52. The van der Waals surface area contributed by atoms with Crippen molar-refractivity contribution in [2.24, 2.45) is 5.92 Å². The van der Waals surface area contributed by atoms with Crippen LogP contribution in [0.2, 0.25) is 0 Å². The van der Waals surface area contributed by atoms with Gasteiger partial charge in [0.05, 0.1) is 0 Å². The number of unbranched alkanes of at least 4 members (excludes halogenated alkanes) is 1. The van der Waals surface area contributed by atoms with Crippen LogP contribution in [0.4, 0.5) is 0 Å². The van der Waals surface area contributed by atoms with Crippen molar-refractivity contribution in [1.82, 2.24) is 14.7 Å². The first-order chi connectivity index (χ1) is 9.93. The van der Waals surface area contributed by atoms with Gasteiger partial charge in [-0.2, -0.15) is 0 Å². The van der Waals surface area contributed by atoms with Gasteiger partial charge in [-0.25, -0.2) is 0 Å². The van der Waals surface area contributed by atoms with E-state index in [-0.39, 0.29) is 29.8 Å². The lowest BCUT2D eigenvalue weighted by atomic mass is 9.95. The average molecular weight is 295 g/mol. The second-order valence-corrected chi connectivity index (χ2v) is 6.92. The quantitative estimate of drug-likeness (QED) is 0.691. The van der Waals surface area contributed by atoms with Crippen molar-refractivity contribution in [2.45, 2.75) is 51.6 Å². The number of amides is 2. The number of piperazine rings is 1. The maximum Gasteiger partial charge on any atom is 0.246 e. The zero-order chi connectivity index (χ0) is 15.6. The summed E-state index contributed by atoms with van der Waals surface area (Å²) >= 11 is 0. The van der Waals surface area contributed by atoms with Crippen molar-refractivity contribution in [1.29, 1.82) is 0 Å². The first-order valence-corrected chi connectivity index (χ1v) is 8.19. The molecule has 0 radical (unpaired) electrons. The molecule has 0 saturated carbocycles. The normalized spacial score (nSPS) is 26.2. The molecule has 0 aliphatic carbocycles. The van der Waals surface area contributed by atoms with E-state index in [9.17, 15) is 9.59 Å². The Morgan fingerprint density at radius 3 is 2.52 bits per heavy atom. The van der Waals surface area contributed by atoms with Gasteiger partial charge in [-0.3, -0.25) is 9.59 Å². The minimum absolute atomic E-state index is 0.166. The van der Waals surface area contributed by atoms with Gasteiger partial charge in [-0.15, -0.1) is 0 Å². The van der Waals surface area contributed by atoms with Crippen molar-refractivity contribution in [3.8, 4) is 0 Å². The molecule has 5 nitrogen and oxygen atoms in total. The second kappa shape index (κ2) is 6.77. The predicted octanol–water partition coefficient (Wildman–Crippen LogP) is 1.19. The van der Waals surface area contributed by atoms with Crippen LogP contribution in [0.25, 0.3) is 0 Å². The molecule has 2 aliphatic heterocycles. The van der Waals surface area contributed by atoms with E-state index in [0.29, 0.717) is 6.54 Å². The summed E-state index contributed by atoms with van der Waals surface area (Å²) in [7, 11) is 4.12. The Kier molecular flexibility index (Phi) is 5.25. The van der Waals surface area contributed by atoms with Crippen molar-refractivity contribution < 1.29 is 9.59 Å². The highest BCUT2D eigenvalue weighted by Crippen LogP contribution is 2.29. The number of carbonyl (C=O) groups is 2. The van der Waals surface area contributed by atoms with Crippen LogP contribution in [0.15, 0.2) is 0 Å². The first-order valence-electron chi connectivity index (χ1n) is 8.19. The van der Waals surface area contributed by atoms with Gasteiger partial charge in [0.15, 0.2) is 0 Å². The van der Waals surface area contributed by atoms with Gasteiger partial charge < -0.3 is 14.7 Å². The molecule has 120 valence electrons. The van der Waals surface area contributed by atoms with Crippen molar-refractivity contribution >= 4 is 11.8 Å². The summed E-state index contributed by atoms with van der Waals surface area (Å²) in [6, 6.07) is -0.437. The summed E-state index contributed by atoms with van der Waals surface area (Å²) in [5, 5.41) is 0. The van der Waals surface area contributed by atoms with Crippen LogP contribution in [-0.2, 0) is 9.59 Å². The lowest BCUT2D eigenvalue weighted by Gasteiger charge is -2.44. The van der Waals surface area contributed by atoms with E-state index in [1.54, 1.807) is 0 Å². The standard InChI is InChI=1S/C16H29N3O2/c1-12(2)14-16(21)18-11-7-8-13(18)15(20)19(14)10-6-5-9-17(3)4/h12-14H,5-11H2,1-4H3. The molecule has 2 saturated heterocycles. The minimum Gasteiger partial charge on any atom is -0.329 e. The van der Waals surface area contributed by atoms with Crippen LogP contribution in [0.1, 0.15) is 39.5 Å². The number of nitrogens with zero attached hydrogens (tertiary/aromatic N) is 3. The molecular formula is C16H29N3O2. The van der Waals surface area contributed by atoms with E-state index >= 15 is 0 Å². The van der Waals surface area contributed by atoms with Gasteiger partial charge in [0.25, 0.3) is 0 Å². The topological polar surface area (TPSA) is 43.9 Å². The van der Waals surface area contributed by atoms with Gasteiger partial charge >= 0.3 is 0 Å². The molecule has 0 N–H and O–H groups in total. The van der Waals surface area contributed by atoms with Gasteiger partial charge in [-0.1, -0.05) is 13.8 Å². The smallest absolute Gasteiger partial charge is 0.246 e. The fraction of sp³-hybridized carbons (Fsp3) is 0.875. The summed E-state index contributed by atoms with van der Waals surface area (Å²) in [5.41, 5.74) is 0. The molecule has 2 atom stereocenters. The molecule has 2 aliphatic rings. The molecule has 0 aromatic carbocycles. The predicted molar refractivity (Wildman–Crippen MR) is 82.9 cm³/mol. The Labute approximate surface area is 128 Å². The Hall–Kier alpha value is -1.10. The molecule has 21 heavy (non-hydrogen) atoms. The molecule has 2 rings (SSSR count). The largest absolute Gasteiger partial charge is 0.329 e. The molecule has 0 aromatic heterocycles. The first kappa shape index (κ1) is 16.3. The van der Waals surface area contributed by atoms with E-state index in [1.807, 2.05) is 23.6 Å². The monoisotopic (exact) mass is 295 g/mol. The number of hydrogen-bond donors (Lipinski definition) is 0. The molecule has 2 fully saturated rings. The fourth-order valence-electron chi connectivity index (χ4n) is 3.52. The van der Waals surface area contributed by atoms with Crippen LogP contribution in [0.5, 0.6) is 0 Å². The number of rotatable bonds is 6.